The molecule has 0 saturated carbocycles. The number of rotatable bonds is 7. The zero-order valence-electron chi connectivity index (χ0n) is 13.4. The Morgan fingerprint density at radius 1 is 1.35 bits per heavy atom. The lowest BCUT2D eigenvalue weighted by Crippen LogP contribution is -2.37. The van der Waals surface area contributed by atoms with Crippen molar-refractivity contribution in [2.75, 3.05) is 6.61 Å². The van der Waals surface area contributed by atoms with Crippen molar-refractivity contribution in [3.8, 4) is 0 Å². The molecule has 0 atom stereocenters. The monoisotopic (exact) mass is 352 g/mol. The topological polar surface area (TPSA) is 59.5 Å². The third kappa shape index (κ3) is 4.87. The van der Waals surface area contributed by atoms with Crippen LogP contribution in [-0.2, 0) is 22.5 Å². The maximum Gasteiger partial charge on any atom is 0.357 e. The van der Waals surface area contributed by atoms with Crippen molar-refractivity contribution in [3.63, 3.8) is 0 Å². The van der Waals surface area contributed by atoms with Gasteiger partial charge in [0.15, 0.2) is 5.69 Å². The number of carbonyl (C=O) groups is 2. The predicted octanol–water partition coefficient (Wildman–Crippen LogP) is 3.36. The summed E-state index contributed by atoms with van der Waals surface area (Å²) in [5.74, 6) is -0.355. The summed E-state index contributed by atoms with van der Waals surface area (Å²) in [4.78, 5) is 31.3. The first kappa shape index (κ1) is 17.6. The Labute approximate surface area is 143 Å². The van der Waals surface area contributed by atoms with E-state index in [1.54, 1.807) is 28.5 Å². The number of thiazole rings is 1. The molecule has 23 heavy (non-hydrogen) atoms. The van der Waals surface area contributed by atoms with E-state index < -0.39 is 5.97 Å². The Bertz CT molecular complexity index is 650. The van der Waals surface area contributed by atoms with E-state index in [2.05, 4.69) is 4.98 Å². The van der Waals surface area contributed by atoms with E-state index in [9.17, 15) is 9.59 Å². The molecular weight excluding hydrogens is 332 g/mol. The standard InChI is InChI=1S/C16H20N2O3S2/c1-4-21-16(20)13-10-23-14(17-13)9-18(11(2)3)15(19)8-12-6-5-7-22-12/h5-7,10-11H,4,8-9H2,1-3H3. The minimum absolute atomic E-state index is 0.0651. The normalized spacial score (nSPS) is 10.8. The Hall–Kier alpha value is -1.73. The molecule has 0 aliphatic rings. The van der Waals surface area contributed by atoms with Gasteiger partial charge in [-0.05, 0) is 32.2 Å². The molecule has 2 rings (SSSR count). The van der Waals surface area contributed by atoms with Gasteiger partial charge in [0.05, 0.1) is 19.6 Å². The highest BCUT2D eigenvalue weighted by Gasteiger charge is 2.20. The van der Waals surface area contributed by atoms with Gasteiger partial charge in [-0.25, -0.2) is 9.78 Å². The first-order chi connectivity index (χ1) is 11.0. The third-order valence-electron chi connectivity index (χ3n) is 3.19. The lowest BCUT2D eigenvalue weighted by Gasteiger charge is -2.25. The summed E-state index contributed by atoms with van der Waals surface area (Å²) in [6.45, 7) is 6.45. The second-order valence-corrected chi connectivity index (χ2v) is 7.19. The van der Waals surface area contributed by atoms with Gasteiger partial charge >= 0.3 is 5.97 Å². The van der Waals surface area contributed by atoms with E-state index in [-0.39, 0.29) is 11.9 Å². The van der Waals surface area contributed by atoms with Gasteiger partial charge in [0, 0.05) is 16.3 Å². The number of thiophene rings is 1. The van der Waals surface area contributed by atoms with Crippen LogP contribution < -0.4 is 0 Å². The molecular formula is C16H20N2O3S2. The van der Waals surface area contributed by atoms with Crippen LogP contribution in [0.4, 0.5) is 0 Å². The van der Waals surface area contributed by atoms with E-state index >= 15 is 0 Å². The molecule has 7 heteroatoms. The minimum atomic E-state index is -0.420. The fourth-order valence-electron chi connectivity index (χ4n) is 2.05. The van der Waals surface area contributed by atoms with Crippen LogP contribution in [0.3, 0.4) is 0 Å². The molecule has 0 aliphatic heterocycles. The fourth-order valence-corrected chi connectivity index (χ4v) is 3.51. The zero-order valence-corrected chi connectivity index (χ0v) is 15.1. The first-order valence-electron chi connectivity index (χ1n) is 7.44. The molecule has 0 spiro atoms. The van der Waals surface area contributed by atoms with Gasteiger partial charge in [0.1, 0.15) is 5.01 Å². The smallest absolute Gasteiger partial charge is 0.357 e. The van der Waals surface area contributed by atoms with Crippen molar-refractivity contribution >= 4 is 34.6 Å². The lowest BCUT2D eigenvalue weighted by atomic mass is 10.2. The van der Waals surface area contributed by atoms with Crippen molar-refractivity contribution in [1.29, 1.82) is 0 Å². The van der Waals surface area contributed by atoms with E-state index in [4.69, 9.17) is 4.74 Å². The van der Waals surface area contributed by atoms with Gasteiger partial charge < -0.3 is 9.64 Å². The van der Waals surface area contributed by atoms with E-state index in [0.717, 1.165) is 9.88 Å². The van der Waals surface area contributed by atoms with Crippen LogP contribution in [0.2, 0.25) is 0 Å². The highest BCUT2D eigenvalue weighted by Crippen LogP contribution is 2.17. The number of ether oxygens (including phenoxy) is 1. The summed E-state index contributed by atoms with van der Waals surface area (Å²) in [5.41, 5.74) is 0.307. The number of nitrogens with zero attached hydrogens (tertiary/aromatic N) is 2. The molecule has 0 N–H and O–H groups in total. The van der Waals surface area contributed by atoms with Crippen molar-refractivity contribution in [2.24, 2.45) is 0 Å². The maximum absolute atomic E-state index is 12.5. The quantitative estimate of drug-likeness (QED) is 0.717. The zero-order chi connectivity index (χ0) is 16.8. The molecule has 0 aromatic carbocycles. The highest BCUT2D eigenvalue weighted by molar-refractivity contribution is 7.10. The molecule has 0 bridgehead atoms. The number of carbonyl (C=O) groups excluding carboxylic acids is 2. The van der Waals surface area contributed by atoms with Crippen LogP contribution in [0, 0.1) is 0 Å². The first-order valence-corrected chi connectivity index (χ1v) is 9.20. The second-order valence-electron chi connectivity index (χ2n) is 5.22. The van der Waals surface area contributed by atoms with Gasteiger partial charge in [0.25, 0.3) is 0 Å². The molecule has 0 unspecified atom stereocenters. The van der Waals surface area contributed by atoms with Crippen LogP contribution in [0.1, 0.15) is 41.1 Å². The van der Waals surface area contributed by atoms with E-state index in [1.807, 2.05) is 31.4 Å². The van der Waals surface area contributed by atoms with Gasteiger partial charge in [-0.15, -0.1) is 22.7 Å². The maximum atomic E-state index is 12.5. The second kappa shape index (κ2) is 8.21. The van der Waals surface area contributed by atoms with Crippen molar-refractivity contribution in [3.05, 3.63) is 38.5 Å². The van der Waals surface area contributed by atoms with Crippen LogP contribution in [-0.4, -0.2) is 34.4 Å². The van der Waals surface area contributed by atoms with Crippen LogP contribution in [0.25, 0.3) is 0 Å². The van der Waals surface area contributed by atoms with Gasteiger partial charge in [-0.1, -0.05) is 6.07 Å². The summed E-state index contributed by atoms with van der Waals surface area (Å²) in [6.07, 6.45) is 0.395. The average molecular weight is 352 g/mol. The van der Waals surface area contributed by atoms with Crippen LogP contribution in [0.5, 0.6) is 0 Å². The lowest BCUT2D eigenvalue weighted by molar-refractivity contribution is -0.132. The highest BCUT2D eigenvalue weighted by atomic mass is 32.1. The predicted molar refractivity (Wildman–Crippen MR) is 91.8 cm³/mol. The van der Waals surface area contributed by atoms with Gasteiger partial charge in [-0.3, -0.25) is 4.79 Å². The number of esters is 1. The molecule has 2 aromatic rings. The van der Waals surface area contributed by atoms with Gasteiger partial charge in [0.2, 0.25) is 5.91 Å². The molecule has 0 fully saturated rings. The molecule has 124 valence electrons. The van der Waals surface area contributed by atoms with E-state index in [0.29, 0.717) is 25.3 Å². The molecule has 0 radical (unpaired) electrons. The Kier molecular flexibility index (Phi) is 6.29. The summed E-state index contributed by atoms with van der Waals surface area (Å²) in [6, 6.07) is 3.97. The van der Waals surface area contributed by atoms with Gasteiger partial charge in [-0.2, -0.15) is 0 Å². The SMILES string of the molecule is CCOC(=O)c1csc(CN(C(=O)Cc2cccs2)C(C)C)n1. The van der Waals surface area contributed by atoms with E-state index in [1.165, 1.54) is 11.3 Å². The summed E-state index contributed by atoms with van der Waals surface area (Å²) >= 11 is 2.95. The van der Waals surface area contributed by atoms with Crippen LogP contribution in [0.15, 0.2) is 22.9 Å². The van der Waals surface area contributed by atoms with Crippen molar-refractivity contribution < 1.29 is 14.3 Å². The molecule has 2 heterocycles. The molecule has 1 amide bonds. The number of hydrogen-bond acceptors (Lipinski definition) is 6. The number of amides is 1. The summed E-state index contributed by atoms with van der Waals surface area (Å²) < 4.78 is 4.94. The summed E-state index contributed by atoms with van der Waals surface area (Å²) in [7, 11) is 0. The van der Waals surface area contributed by atoms with Crippen LogP contribution >= 0.6 is 22.7 Å². The Morgan fingerprint density at radius 2 is 2.13 bits per heavy atom. The third-order valence-corrected chi connectivity index (χ3v) is 4.90. The Balaban J connectivity index is 2.04. The molecule has 0 aliphatic carbocycles. The molecule has 0 saturated heterocycles. The fraction of sp³-hybridized carbons (Fsp3) is 0.438. The largest absolute Gasteiger partial charge is 0.461 e. The average Bonchev–Trinajstić information content (AvgIpc) is 3.15. The Morgan fingerprint density at radius 3 is 2.74 bits per heavy atom. The number of aromatic nitrogens is 1. The minimum Gasteiger partial charge on any atom is -0.461 e. The molecule has 5 nitrogen and oxygen atoms in total. The van der Waals surface area contributed by atoms with Crippen molar-refractivity contribution in [1.82, 2.24) is 9.88 Å². The van der Waals surface area contributed by atoms with Crippen molar-refractivity contribution in [2.45, 2.75) is 39.8 Å². The summed E-state index contributed by atoms with van der Waals surface area (Å²) in [5, 5.41) is 4.38. The number of hydrogen-bond donors (Lipinski definition) is 0. The molecule has 2 aromatic heterocycles.